The Labute approximate surface area is 89.2 Å². The van der Waals surface area contributed by atoms with Gasteiger partial charge in [-0.3, -0.25) is 14.9 Å². The average Bonchev–Trinajstić information content (AvgIpc) is 2.67. The highest BCUT2D eigenvalue weighted by Crippen LogP contribution is 2.44. The number of hydrogen-bond donors (Lipinski definition) is 0. The largest absolute Gasteiger partial charge is 0.300 e. The molecule has 0 aromatic rings. The number of rotatable bonds is 2. The third-order valence-corrected chi connectivity index (χ3v) is 4.08. The molecule has 0 saturated heterocycles. The van der Waals surface area contributed by atoms with Gasteiger partial charge in [0.05, 0.1) is 0 Å². The molecule has 2 aliphatic carbocycles. The van der Waals surface area contributed by atoms with Crippen LogP contribution >= 0.6 is 0 Å². The smallest absolute Gasteiger partial charge is 0.225 e. The van der Waals surface area contributed by atoms with Crippen LogP contribution in [0.5, 0.6) is 0 Å². The molecule has 84 valence electrons. The molecule has 2 saturated carbocycles. The van der Waals surface area contributed by atoms with Gasteiger partial charge >= 0.3 is 0 Å². The molecular formula is C11H17NO3. The summed E-state index contributed by atoms with van der Waals surface area (Å²) in [7, 11) is 0. The first-order chi connectivity index (χ1) is 7.15. The molecule has 0 amide bonds. The third-order valence-electron chi connectivity index (χ3n) is 4.08. The fourth-order valence-corrected chi connectivity index (χ4v) is 3.21. The van der Waals surface area contributed by atoms with E-state index < -0.39 is 5.54 Å². The molecule has 0 aromatic heterocycles. The Kier molecular flexibility index (Phi) is 2.76. The van der Waals surface area contributed by atoms with Crippen LogP contribution in [0.2, 0.25) is 0 Å². The molecular weight excluding hydrogens is 194 g/mol. The van der Waals surface area contributed by atoms with Crippen LogP contribution in [0, 0.1) is 16.0 Å². The molecule has 0 heterocycles. The number of hydrogen-bond acceptors (Lipinski definition) is 3. The van der Waals surface area contributed by atoms with Gasteiger partial charge in [-0.2, -0.15) is 0 Å². The molecule has 0 radical (unpaired) electrons. The van der Waals surface area contributed by atoms with Crippen LogP contribution in [0.3, 0.4) is 0 Å². The van der Waals surface area contributed by atoms with E-state index in [4.69, 9.17) is 0 Å². The van der Waals surface area contributed by atoms with Gasteiger partial charge in [0.1, 0.15) is 5.78 Å². The highest BCUT2D eigenvalue weighted by atomic mass is 16.6. The predicted octanol–water partition coefficient (Wildman–Crippen LogP) is 2.34. The molecule has 0 aromatic carbocycles. The number of nitro groups is 1. The van der Waals surface area contributed by atoms with Gasteiger partial charge in [-0.25, -0.2) is 0 Å². The van der Waals surface area contributed by atoms with Crippen molar-refractivity contribution in [1.29, 1.82) is 0 Å². The number of carbonyl (C=O) groups excluding carboxylic acids is 1. The van der Waals surface area contributed by atoms with E-state index in [1.165, 1.54) is 0 Å². The average molecular weight is 211 g/mol. The van der Waals surface area contributed by atoms with E-state index in [0.29, 0.717) is 25.7 Å². The summed E-state index contributed by atoms with van der Waals surface area (Å²) in [6.45, 7) is 0. The van der Waals surface area contributed by atoms with Gasteiger partial charge in [-0.15, -0.1) is 0 Å². The van der Waals surface area contributed by atoms with E-state index in [0.717, 1.165) is 25.7 Å². The van der Waals surface area contributed by atoms with Crippen molar-refractivity contribution >= 4 is 5.78 Å². The Morgan fingerprint density at radius 3 is 2.47 bits per heavy atom. The molecule has 2 rings (SSSR count). The lowest BCUT2D eigenvalue weighted by Gasteiger charge is -2.31. The van der Waals surface area contributed by atoms with Crippen LogP contribution in [0.1, 0.15) is 51.4 Å². The van der Waals surface area contributed by atoms with Gasteiger partial charge in [0.2, 0.25) is 5.54 Å². The summed E-state index contributed by atoms with van der Waals surface area (Å²) in [6.07, 6.45) is 6.05. The number of nitrogens with zero attached hydrogens (tertiary/aromatic N) is 1. The molecule has 2 fully saturated rings. The van der Waals surface area contributed by atoms with Crippen molar-refractivity contribution in [2.45, 2.75) is 56.9 Å². The van der Waals surface area contributed by atoms with E-state index in [9.17, 15) is 14.9 Å². The van der Waals surface area contributed by atoms with Gasteiger partial charge in [0.15, 0.2) is 0 Å². The normalized spacial score (nSPS) is 30.4. The molecule has 0 N–H and O–H groups in total. The van der Waals surface area contributed by atoms with Crippen LogP contribution in [-0.4, -0.2) is 16.2 Å². The molecule has 4 heteroatoms. The summed E-state index contributed by atoms with van der Waals surface area (Å²) in [5.74, 6) is 0.232. The Morgan fingerprint density at radius 2 is 1.93 bits per heavy atom. The van der Waals surface area contributed by atoms with Crippen molar-refractivity contribution in [3.05, 3.63) is 10.1 Å². The Morgan fingerprint density at radius 1 is 1.27 bits per heavy atom. The summed E-state index contributed by atoms with van der Waals surface area (Å²) in [4.78, 5) is 22.5. The molecule has 4 nitrogen and oxygen atoms in total. The van der Waals surface area contributed by atoms with Crippen molar-refractivity contribution in [3.8, 4) is 0 Å². The minimum atomic E-state index is -0.754. The highest BCUT2D eigenvalue weighted by molar-refractivity contribution is 5.79. The molecule has 15 heavy (non-hydrogen) atoms. The van der Waals surface area contributed by atoms with Crippen molar-refractivity contribution in [3.63, 3.8) is 0 Å². The summed E-state index contributed by atoms with van der Waals surface area (Å²) >= 11 is 0. The summed E-state index contributed by atoms with van der Waals surface area (Å²) in [6, 6.07) is 0. The second kappa shape index (κ2) is 3.91. The van der Waals surface area contributed by atoms with Gasteiger partial charge in [0, 0.05) is 36.5 Å². The lowest BCUT2D eigenvalue weighted by Crippen LogP contribution is -2.45. The van der Waals surface area contributed by atoms with Gasteiger partial charge < -0.3 is 0 Å². The van der Waals surface area contributed by atoms with Crippen LogP contribution < -0.4 is 0 Å². The maximum atomic E-state index is 11.4. The van der Waals surface area contributed by atoms with Gasteiger partial charge in [-0.05, 0) is 25.7 Å². The van der Waals surface area contributed by atoms with E-state index >= 15 is 0 Å². The lowest BCUT2D eigenvalue weighted by atomic mass is 9.73. The molecule has 0 bridgehead atoms. The number of carbonyl (C=O) groups is 1. The molecule has 0 aliphatic heterocycles. The van der Waals surface area contributed by atoms with Crippen molar-refractivity contribution in [2.24, 2.45) is 5.92 Å². The maximum absolute atomic E-state index is 11.4. The first-order valence-corrected chi connectivity index (χ1v) is 5.81. The zero-order valence-corrected chi connectivity index (χ0v) is 8.91. The van der Waals surface area contributed by atoms with Gasteiger partial charge in [-0.1, -0.05) is 0 Å². The number of ketones is 1. The summed E-state index contributed by atoms with van der Waals surface area (Å²) in [5, 5.41) is 11.2. The van der Waals surface area contributed by atoms with E-state index in [2.05, 4.69) is 0 Å². The Balaban J connectivity index is 2.17. The van der Waals surface area contributed by atoms with Crippen LogP contribution in [0.4, 0.5) is 0 Å². The van der Waals surface area contributed by atoms with E-state index in [1.54, 1.807) is 0 Å². The maximum Gasteiger partial charge on any atom is 0.225 e. The zero-order valence-electron chi connectivity index (χ0n) is 8.91. The fraction of sp³-hybridized carbons (Fsp3) is 0.909. The quantitative estimate of drug-likeness (QED) is 0.520. The SMILES string of the molecule is O=C1CCC[C@H](C2([N+](=O)[O-])CCCC2)C1. The van der Waals surface area contributed by atoms with E-state index in [1.807, 2.05) is 0 Å². The summed E-state index contributed by atoms with van der Waals surface area (Å²) < 4.78 is 0. The second-order valence-electron chi connectivity index (χ2n) is 4.90. The number of Topliss-reactive ketones (excluding diaryl/α,β-unsaturated/α-hetero) is 1. The zero-order chi connectivity index (χ0) is 10.9. The Bertz CT molecular complexity index is 282. The van der Waals surface area contributed by atoms with Crippen molar-refractivity contribution < 1.29 is 9.72 Å². The highest BCUT2D eigenvalue weighted by Gasteiger charge is 2.52. The lowest BCUT2D eigenvalue weighted by molar-refractivity contribution is -0.580. The molecule has 2 aliphatic rings. The minimum absolute atomic E-state index is 0.0104. The van der Waals surface area contributed by atoms with Crippen molar-refractivity contribution in [1.82, 2.24) is 0 Å². The molecule has 0 unspecified atom stereocenters. The molecule has 1 atom stereocenters. The first-order valence-electron chi connectivity index (χ1n) is 5.81. The van der Waals surface area contributed by atoms with Crippen molar-refractivity contribution in [2.75, 3.05) is 0 Å². The fourth-order valence-electron chi connectivity index (χ4n) is 3.21. The monoisotopic (exact) mass is 211 g/mol. The Hall–Kier alpha value is -0.930. The third kappa shape index (κ3) is 1.77. The minimum Gasteiger partial charge on any atom is -0.300 e. The van der Waals surface area contributed by atoms with E-state index in [-0.39, 0.29) is 16.6 Å². The standard InChI is InChI=1S/C11H17NO3/c13-10-5-3-4-9(8-10)11(12(14)15)6-1-2-7-11/h9H,1-8H2/t9-/m0/s1. The predicted molar refractivity (Wildman–Crippen MR) is 55.2 cm³/mol. The van der Waals surface area contributed by atoms with Gasteiger partial charge in [0.25, 0.3) is 0 Å². The first kappa shape index (κ1) is 10.6. The summed E-state index contributed by atoms with van der Waals surface area (Å²) in [5.41, 5.74) is -0.754. The van der Waals surface area contributed by atoms with Crippen LogP contribution in [0.25, 0.3) is 0 Å². The molecule has 0 spiro atoms. The topological polar surface area (TPSA) is 60.2 Å². The van der Waals surface area contributed by atoms with Crippen LogP contribution in [0.15, 0.2) is 0 Å². The second-order valence-corrected chi connectivity index (χ2v) is 4.90. The van der Waals surface area contributed by atoms with Crippen LogP contribution in [-0.2, 0) is 4.79 Å².